The summed E-state index contributed by atoms with van der Waals surface area (Å²) in [6, 6.07) is 0. The molecule has 2 aromatic heterocycles. The van der Waals surface area contributed by atoms with Crippen LogP contribution in [0.1, 0.15) is 6.92 Å². The van der Waals surface area contributed by atoms with Crippen molar-refractivity contribution < 1.29 is 4.74 Å². The molecule has 0 saturated heterocycles. The van der Waals surface area contributed by atoms with Gasteiger partial charge in [0.05, 0.1) is 0 Å². The molecule has 0 aromatic carbocycles. The summed E-state index contributed by atoms with van der Waals surface area (Å²) in [5.41, 5.74) is 6.30. The Labute approximate surface area is 104 Å². The summed E-state index contributed by atoms with van der Waals surface area (Å²) in [4.78, 5) is 7.91. The quantitative estimate of drug-likeness (QED) is 0.632. The minimum absolute atomic E-state index is 0.318. The summed E-state index contributed by atoms with van der Waals surface area (Å²) in [6.07, 6.45) is 8.44. The Morgan fingerprint density at radius 1 is 1.50 bits per heavy atom. The van der Waals surface area contributed by atoms with E-state index >= 15 is 0 Å². The van der Waals surface area contributed by atoms with E-state index in [2.05, 4.69) is 26.7 Å². The molecular formula is C12H13N5O. The minimum atomic E-state index is 0.318. The molecule has 2 rings (SSSR count). The molecule has 0 aliphatic rings. The largest absolute Gasteiger partial charge is 0.437 e. The number of hydrogen-bond acceptors (Lipinski definition) is 5. The molecule has 2 aromatic rings. The summed E-state index contributed by atoms with van der Waals surface area (Å²) in [6.45, 7) is 5.58. The highest BCUT2D eigenvalue weighted by Gasteiger charge is 2.12. The van der Waals surface area contributed by atoms with E-state index in [1.807, 2.05) is 19.1 Å². The summed E-state index contributed by atoms with van der Waals surface area (Å²) in [5.74, 6) is 1.21. The van der Waals surface area contributed by atoms with Gasteiger partial charge in [0.25, 0.3) is 5.88 Å². The van der Waals surface area contributed by atoms with E-state index in [0.717, 1.165) is 0 Å². The summed E-state index contributed by atoms with van der Waals surface area (Å²) >= 11 is 0. The van der Waals surface area contributed by atoms with Gasteiger partial charge in [0.15, 0.2) is 5.65 Å². The molecule has 2 heterocycles. The highest BCUT2D eigenvalue weighted by atomic mass is 16.5. The Bertz CT molecular complexity index is 626. The van der Waals surface area contributed by atoms with Crippen molar-refractivity contribution in [2.75, 3.05) is 5.73 Å². The summed E-state index contributed by atoms with van der Waals surface area (Å²) in [5, 5.41) is 7.30. The van der Waals surface area contributed by atoms with Crippen LogP contribution in [0.2, 0.25) is 0 Å². The van der Waals surface area contributed by atoms with Gasteiger partial charge in [0.2, 0.25) is 0 Å². The molecule has 18 heavy (non-hydrogen) atoms. The van der Waals surface area contributed by atoms with Crippen molar-refractivity contribution in [3.63, 3.8) is 0 Å². The van der Waals surface area contributed by atoms with Gasteiger partial charge in [-0.05, 0) is 19.1 Å². The summed E-state index contributed by atoms with van der Waals surface area (Å²) < 4.78 is 5.59. The van der Waals surface area contributed by atoms with E-state index in [1.165, 1.54) is 6.33 Å². The number of aromatic amines is 1. The van der Waals surface area contributed by atoms with Crippen LogP contribution in [0.5, 0.6) is 5.88 Å². The van der Waals surface area contributed by atoms with Gasteiger partial charge < -0.3 is 10.5 Å². The molecule has 0 bridgehead atoms. The first-order chi connectivity index (χ1) is 8.76. The van der Waals surface area contributed by atoms with Crippen LogP contribution in [-0.4, -0.2) is 20.2 Å². The zero-order valence-electron chi connectivity index (χ0n) is 9.92. The van der Waals surface area contributed by atoms with Crippen molar-refractivity contribution in [1.29, 1.82) is 0 Å². The molecule has 6 heteroatoms. The van der Waals surface area contributed by atoms with Crippen molar-refractivity contribution in [2.45, 2.75) is 6.92 Å². The number of H-pyrrole nitrogens is 1. The molecule has 0 atom stereocenters. The number of hydrogen-bond donors (Lipinski definition) is 2. The van der Waals surface area contributed by atoms with Crippen molar-refractivity contribution in [3.05, 3.63) is 43.0 Å². The van der Waals surface area contributed by atoms with E-state index in [9.17, 15) is 0 Å². The average Bonchev–Trinajstić information content (AvgIpc) is 2.79. The van der Waals surface area contributed by atoms with Crippen LogP contribution in [0.15, 0.2) is 43.0 Å². The zero-order chi connectivity index (χ0) is 13.0. The molecule has 6 nitrogen and oxygen atoms in total. The second-order valence-corrected chi connectivity index (χ2v) is 3.41. The van der Waals surface area contributed by atoms with Crippen molar-refractivity contribution in [2.24, 2.45) is 0 Å². The second-order valence-electron chi connectivity index (χ2n) is 3.41. The molecule has 0 aliphatic carbocycles. The van der Waals surface area contributed by atoms with Gasteiger partial charge in [-0.3, -0.25) is 5.10 Å². The van der Waals surface area contributed by atoms with Gasteiger partial charge in [0, 0.05) is 0 Å². The number of aromatic nitrogens is 4. The van der Waals surface area contributed by atoms with Crippen LogP contribution in [0.3, 0.4) is 0 Å². The summed E-state index contributed by atoms with van der Waals surface area (Å²) in [7, 11) is 0. The molecule has 92 valence electrons. The van der Waals surface area contributed by atoms with Gasteiger partial charge in [-0.2, -0.15) is 0 Å². The van der Waals surface area contributed by atoms with Crippen molar-refractivity contribution in [1.82, 2.24) is 20.2 Å². The number of nitrogens with zero attached hydrogens (tertiary/aromatic N) is 3. The number of fused-ring (bicyclic) bond motifs is 1. The van der Waals surface area contributed by atoms with Gasteiger partial charge in [-0.25, -0.2) is 9.97 Å². The van der Waals surface area contributed by atoms with E-state index in [-0.39, 0.29) is 0 Å². The number of nitrogens with one attached hydrogen (secondary N) is 1. The number of ether oxygens (including phenoxy) is 1. The maximum absolute atomic E-state index is 5.77. The lowest BCUT2D eigenvalue weighted by molar-refractivity contribution is 0.430. The Hall–Kier alpha value is -2.63. The first kappa shape index (κ1) is 11.8. The van der Waals surface area contributed by atoms with Crippen LogP contribution in [0.25, 0.3) is 11.0 Å². The minimum Gasteiger partial charge on any atom is -0.437 e. The third-order valence-corrected chi connectivity index (χ3v) is 2.22. The smallest absolute Gasteiger partial charge is 0.251 e. The number of allylic oxidation sites excluding steroid dienone is 4. The maximum atomic E-state index is 5.77. The second kappa shape index (κ2) is 5.13. The van der Waals surface area contributed by atoms with Gasteiger partial charge in [-0.1, -0.05) is 18.7 Å². The third-order valence-electron chi connectivity index (χ3n) is 2.22. The van der Waals surface area contributed by atoms with Crippen LogP contribution in [0, 0.1) is 0 Å². The molecule has 0 unspecified atom stereocenters. The Kier molecular flexibility index (Phi) is 3.38. The van der Waals surface area contributed by atoms with Crippen molar-refractivity contribution >= 4 is 16.9 Å². The Balaban J connectivity index is 2.40. The lowest BCUT2D eigenvalue weighted by Gasteiger charge is -2.02. The Morgan fingerprint density at radius 2 is 2.33 bits per heavy atom. The zero-order valence-corrected chi connectivity index (χ0v) is 9.92. The first-order valence-electron chi connectivity index (χ1n) is 5.34. The number of nitrogen functional groups attached to an aromatic ring is 1. The monoisotopic (exact) mass is 243 g/mol. The number of rotatable bonds is 4. The van der Waals surface area contributed by atoms with E-state index in [4.69, 9.17) is 10.5 Å². The van der Waals surface area contributed by atoms with E-state index in [1.54, 1.807) is 12.2 Å². The SMILES string of the molecule is C=C/C(=C\C=C/C)Oc1n[nH]c2ncnc(N)c12. The molecule has 0 radical (unpaired) electrons. The van der Waals surface area contributed by atoms with Crippen molar-refractivity contribution in [3.8, 4) is 5.88 Å². The van der Waals surface area contributed by atoms with Crippen LogP contribution < -0.4 is 10.5 Å². The number of anilines is 1. The first-order valence-corrected chi connectivity index (χ1v) is 5.34. The molecule has 0 aliphatic heterocycles. The number of nitrogens with two attached hydrogens (primary N) is 1. The fourth-order valence-corrected chi connectivity index (χ4v) is 1.37. The topological polar surface area (TPSA) is 89.7 Å². The van der Waals surface area contributed by atoms with Gasteiger partial charge >= 0.3 is 0 Å². The average molecular weight is 243 g/mol. The lowest BCUT2D eigenvalue weighted by atomic mass is 10.3. The van der Waals surface area contributed by atoms with Crippen LogP contribution in [0.4, 0.5) is 5.82 Å². The standard InChI is InChI=1S/C12H13N5O/c1-3-5-6-8(4-2)18-12-9-10(13)14-7-15-11(9)16-17-12/h3-7H,2H2,1H3,(H3,13,14,15,16,17)/b5-3-,8-6+. The van der Waals surface area contributed by atoms with Crippen LogP contribution >= 0.6 is 0 Å². The highest BCUT2D eigenvalue weighted by Crippen LogP contribution is 2.26. The van der Waals surface area contributed by atoms with Crippen LogP contribution in [-0.2, 0) is 0 Å². The maximum Gasteiger partial charge on any atom is 0.251 e. The fourth-order valence-electron chi connectivity index (χ4n) is 1.37. The van der Waals surface area contributed by atoms with E-state index in [0.29, 0.717) is 28.5 Å². The predicted octanol–water partition coefficient (Wildman–Crippen LogP) is 1.96. The third kappa shape index (κ3) is 2.22. The van der Waals surface area contributed by atoms with Gasteiger partial charge in [-0.15, -0.1) is 5.10 Å². The lowest BCUT2D eigenvalue weighted by Crippen LogP contribution is -1.96. The van der Waals surface area contributed by atoms with Gasteiger partial charge in [0.1, 0.15) is 23.3 Å². The highest BCUT2D eigenvalue weighted by molar-refractivity contribution is 5.90. The molecule has 0 spiro atoms. The predicted molar refractivity (Wildman–Crippen MR) is 69.8 cm³/mol. The molecule has 0 amide bonds. The molecule has 3 N–H and O–H groups in total. The molecule has 0 saturated carbocycles. The molecule has 0 fully saturated rings. The molecular weight excluding hydrogens is 230 g/mol. The Morgan fingerprint density at radius 3 is 3.06 bits per heavy atom. The normalized spacial score (nSPS) is 12.2. The van der Waals surface area contributed by atoms with E-state index < -0.39 is 0 Å². The fraction of sp³-hybridized carbons (Fsp3) is 0.0833.